The third-order valence-electron chi connectivity index (χ3n) is 4.99. The number of hydrogen-bond donors (Lipinski definition) is 1. The molecule has 0 fully saturated rings. The maximum absolute atomic E-state index is 13.4. The Bertz CT molecular complexity index is 1190. The van der Waals surface area contributed by atoms with Crippen LogP contribution >= 0.6 is 0 Å². The Morgan fingerprint density at radius 2 is 1.61 bits per heavy atom. The lowest BCUT2D eigenvalue weighted by Gasteiger charge is -2.37. The maximum Gasteiger partial charge on any atom is 0.262 e. The number of fused-ring (bicyclic) bond motifs is 2. The van der Waals surface area contributed by atoms with Crippen LogP contribution in [-0.4, -0.2) is 15.9 Å². The smallest absolute Gasteiger partial charge is 0.262 e. The number of carbonyl (C=O) groups is 1. The Hall–Kier alpha value is -3.73. The van der Waals surface area contributed by atoms with E-state index < -0.39 is 6.17 Å². The third-order valence-corrected chi connectivity index (χ3v) is 4.99. The molecular weight excluding hydrogens is 348 g/mol. The molecule has 4 aromatic rings. The summed E-state index contributed by atoms with van der Waals surface area (Å²) in [5.41, 5.74) is 5.74. The first-order valence-corrected chi connectivity index (χ1v) is 9.18. The molecule has 0 aliphatic carbocycles. The number of para-hydroxylation sites is 3. The van der Waals surface area contributed by atoms with Crippen molar-refractivity contribution in [1.29, 1.82) is 0 Å². The second kappa shape index (κ2) is 6.46. The summed E-state index contributed by atoms with van der Waals surface area (Å²) < 4.78 is 0. The van der Waals surface area contributed by atoms with Crippen molar-refractivity contribution >= 4 is 28.3 Å². The minimum atomic E-state index is -0.442. The summed E-state index contributed by atoms with van der Waals surface area (Å²) >= 11 is 0. The molecular formula is C23H18N4O. The van der Waals surface area contributed by atoms with Crippen LogP contribution in [0.2, 0.25) is 0 Å². The van der Waals surface area contributed by atoms with E-state index >= 15 is 0 Å². The van der Waals surface area contributed by atoms with Gasteiger partial charge >= 0.3 is 0 Å². The molecule has 0 spiro atoms. The first-order valence-electron chi connectivity index (χ1n) is 9.18. The van der Waals surface area contributed by atoms with E-state index in [-0.39, 0.29) is 5.91 Å². The van der Waals surface area contributed by atoms with Crippen molar-refractivity contribution in [2.45, 2.75) is 13.1 Å². The summed E-state index contributed by atoms with van der Waals surface area (Å²) in [7, 11) is 0. The van der Waals surface area contributed by atoms with E-state index in [4.69, 9.17) is 4.98 Å². The molecule has 5 heteroatoms. The van der Waals surface area contributed by atoms with Crippen LogP contribution in [0.4, 0.5) is 11.4 Å². The van der Waals surface area contributed by atoms with Crippen molar-refractivity contribution in [3.63, 3.8) is 0 Å². The number of nitrogens with one attached hydrogen (secondary N) is 1. The predicted molar refractivity (Wildman–Crippen MR) is 110 cm³/mol. The zero-order chi connectivity index (χ0) is 19.1. The Kier molecular flexibility index (Phi) is 3.79. The molecule has 5 nitrogen and oxygen atoms in total. The molecule has 1 N–H and O–H groups in total. The second-order valence-corrected chi connectivity index (χ2v) is 6.89. The van der Waals surface area contributed by atoms with Gasteiger partial charge in [-0.15, -0.1) is 0 Å². The van der Waals surface area contributed by atoms with Gasteiger partial charge in [0.05, 0.1) is 22.8 Å². The number of nitrogens with zero attached hydrogens (tertiary/aromatic N) is 3. The Labute approximate surface area is 162 Å². The highest BCUT2D eigenvalue weighted by molar-refractivity contribution is 6.12. The molecule has 3 aromatic carbocycles. The minimum Gasteiger partial charge on any atom is -0.359 e. The van der Waals surface area contributed by atoms with Gasteiger partial charge in [-0.25, -0.2) is 4.98 Å². The van der Waals surface area contributed by atoms with Crippen molar-refractivity contribution in [2.75, 3.05) is 10.2 Å². The molecule has 0 unspecified atom stereocenters. The standard InChI is InChI=1S/C23H18N4O/c1-15-10-12-16(13-11-15)27-22(26-18-7-3-2-6-17(18)23(27)28)21-14-24-19-8-4-5-9-20(19)25-21/h2-14,22,26H,1H3/t22-/m1/s1. The fourth-order valence-electron chi connectivity index (χ4n) is 3.54. The fourth-order valence-corrected chi connectivity index (χ4v) is 3.54. The van der Waals surface area contributed by atoms with Crippen LogP contribution in [0.1, 0.15) is 27.8 Å². The van der Waals surface area contributed by atoms with Gasteiger partial charge in [0.15, 0.2) is 6.17 Å². The highest BCUT2D eigenvalue weighted by Gasteiger charge is 2.35. The monoisotopic (exact) mass is 366 g/mol. The Balaban J connectivity index is 1.67. The van der Waals surface area contributed by atoms with Crippen LogP contribution in [0.25, 0.3) is 11.0 Å². The molecule has 136 valence electrons. The Morgan fingerprint density at radius 1 is 0.893 bits per heavy atom. The largest absolute Gasteiger partial charge is 0.359 e. The normalized spacial score (nSPS) is 16.0. The van der Waals surface area contributed by atoms with Gasteiger partial charge in [0.1, 0.15) is 5.69 Å². The number of amides is 1. The van der Waals surface area contributed by atoms with Crippen molar-refractivity contribution in [3.05, 3.63) is 95.8 Å². The van der Waals surface area contributed by atoms with Crippen molar-refractivity contribution < 1.29 is 4.79 Å². The van der Waals surface area contributed by atoms with Crippen LogP contribution in [0.3, 0.4) is 0 Å². The molecule has 0 radical (unpaired) electrons. The van der Waals surface area contributed by atoms with Crippen LogP contribution in [0.5, 0.6) is 0 Å². The van der Waals surface area contributed by atoms with Crippen molar-refractivity contribution in [2.24, 2.45) is 0 Å². The van der Waals surface area contributed by atoms with E-state index in [0.717, 1.165) is 28.0 Å². The van der Waals surface area contributed by atoms with E-state index in [1.165, 1.54) is 0 Å². The van der Waals surface area contributed by atoms with Crippen molar-refractivity contribution in [1.82, 2.24) is 9.97 Å². The molecule has 2 heterocycles. The summed E-state index contributed by atoms with van der Waals surface area (Å²) in [5, 5.41) is 3.47. The summed E-state index contributed by atoms with van der Waals surface area (Å²) in [6, 6.07) is 23.2. The van der Waals surface area contributed by atoms with Crippen LogP contribution < -0.4 is 10.2 Å². The van der Waals surface area contributed by atoms with Gasteiger partial charge < -0.3 is 5.32 Å². The number of hydrogen-bond acceptors (Lipinski definition) is 4. The second-order valence-electron chi connectivity index (χ2n) is 6.89. The number of rotatable bonds is 2. The fraction of sp³-hybridized carbons (Fsp3) is 0.0870. The lowest BCUT2D eigenvalue weighted by molar-refractivity contribution is 0.0974. The van der Waals surface area contributed by atoms with Crippen LogP contribution in [-0.2, 0) is 0 Å². The Morgan fingerprint density at radius 3 is 2.43 bits per heavy atom. The maximum atomic E-state index is 13.4. The van der Waals surface area contributed by atoms with Gasteiger partial charge in [-0.05, 0) is 43.3 Å². The number of anilines is 2. The highest BCUT2D eigenvalue weighted by atomic mass is 16.2. The van der Waals surface area contributed by atoms with Crippen LogP contribution in [0.15, 0.2) is 79.0 Å². The quantitative estimate of drug-likeness (QED) is 0.558. The summed E-state index contributed by atoms with van der Waals surface area (Å²) in [5.74, 6) is -0.0573. The van der Waals surface area contributed by atoms with Gasteiger partial charge in [-0.3, -0.25) is 14.7 Å². The summed E-state index contributed by atoms with van der Waals surface area (Å²) in [6.07, 6.45) is 1.30. The van der Waals surface area contributed by atoms with Gasteiger partial charge in [-0.1, -0.05) is 42.0 Å². The molecule has 0 bridgehead atoms. The van der Waals surface area contributed by atoms with Gasteiger partial charge in [-0.2, -0.15) is 0 Å². The molecule has 0 saturated carbocycles. The lowest BCUT2D eigenvalue weighted by atomic mass is 10.0. The molecule has 1 aliphatic rings. The summed E-state index contributed by atoms with van der Waals surface area (Å²) in [6.45, 7) is 2.03. The molecule has 28 heavy (non-hydrogen) atoms. The van der Waals surface area contributed by atoms with Gasteiger partial charge in [0.25, 0.3) is 5.91 Å². The van der Waals surface area contributed by atoms with E-state index in [0.29, 0.717) is 11.3 Å². The molecule has 1 aromatic heterocycles. The predicted octanol–water partition coefficient (Wildman–Crippen LogP) is 4.71. The van der Waals surface area contributed by atoms with Gasteiger partial charge in [0, 0.05) is 11.4 Å². The average Bonchev–Trinajstić information content (AvgIpc) is 2.74. The lowest BCUT2D eigenvalue weighted by Crippen LogP contribution is -2.43. The molecule has 1 amide bonds. The van der Waals surface area contributed by atoms with Crippen molar-refractivity contribution in [3.8, 4) is 0 Å². The number of benzene rings is 3. The average molecular weight is 366 g/mol. The van der Waals surface area contributed by atoms with E-state index in [1.54, 1.807) is 11.1 Å². The van der Waals surface area contributed by atoms with E-state index in [2.05, 4.69) is 10.3 Å². The third kappa shape index (κ3) is 2.68. The minimum absolute atomic E-state index is 0.0573. The molecule has 5 rings (SSSR count). The zero-order valence-electron chi connectivity index (χ0n) is 15.3. The SMILES string of the molecule is Cc1ccc(N2C(=O)c3ccccc3N[C@H]2c2cnc3ccccc3n2)cc1. The van der Waals surface area contributed by atoms with E-state index in [9.17, 15) is 4.79 Å². The molecule has 1 aliphatic heterocycles. The highest BCUT2D eigenvalue weighted by Crippen LogP contribution is 2.36. The number of aryl methyl sites for hydroxylation is 1. The molecule has 0 saturated heterocycles. The topological polar surface area (TPSA) is 58.1 Å². The zero-order valence-corrected chi connectivity index (χ0v) is 15.3. The van der Waals surface area contributed by atoms with Gasteiger partial charge in [0.2, 0.25) is 0 Å². The first-order chi connectivity index (χ1) is 13.7. The van der Waals surface area contributed by atoms with Crippen LogP contribution in [0, 0.1) is 6.92 Å². The number of carbonyl (C=O) groups excluding carboxylic acids is 1. The number of aromatic nitrogens is 2. The first kappa shape index (κ1) is 16.4. The molecule has 1 atom stereocenters. The summed E-state index contributed by atoms with van der Waals surface area (Å²) in [4.78, 5) is 24.5. The van der Waals surface area contributed by atoms with E-state index in [1.807, 2.05) is 79.7 Å².